The summed E-state index contributed by atoms with van der Waals surface area (Å²) in [5.74, 6) is 0.677. The van der Waals surface area contributed by atoms with Crippen molar-refractivity contribution in [1.82, 2.24) is 5.32 Å². The molecule has 0 aliphatic heterocycles. The summed E-state index contributed by atoms with van der Waals surface area (Å²) in [6.07, 6.45) is 0.988. The number of hydrogen-bond donors (Lipinski definition) is 3. The second-order valence-electron chi connectivity index (χ2n) is 6.19. The molecule has 2 rings (SSSR count). The van der Waals surface area contributed by atoms with Crippen LogP contribution in [0, 0.1) is 6.92 Å². The largest absolute Gasteiger partial charge is 0.506 e. The maximum atomic E-state index is 12.0. The molecule has 0 aliphatic carbocycles. The molecule has 0 aromatic heterocycles. The molecule has 0 saturated heterocycles. The van der Waals surface area contributed by atoms with Gasteiger partial charge in [0.15, 0.2) is 11.7 Å². The van der Waals surface area contributed by atoms with Crippen LogP contribution in [0.5, 0.6) is 11.5 Å². The second kappa shape index (κ2) is 9.20. The number of hydrogen-bond acceptors (Lipinski definition) is 4. The predicted octanol–water partition coefficient (Wildman–Crippen LogP) is 4.11. The zero-order valence-electron chi connectivity index (χ0n) is 15.2. The number of ether oxygens (including phenoxy) is 1. The standard InChI is InChI=1S/C20H24N2O3S/c1-4-14(3)15-7-10-18(23)17(11-15)21-20(26)22-19(24)12-25-16-8-5-13(2)6-9-16/h5-11,14,23H,4,12H2,1-3H3,(H2,21,22,24,26)/t14-/m1/s1. The first-order valence-corrected chi connectivity index (χ1v) is 8.93. The van der Waals surface area contributed by atoms with Crippen molar-refractivity contribution in [2.75, 3.05) is 11.9 Å². The summed E-state index contributed by atoms with van der Waals surface area (Å²) in [4.78, 5) is 12.0. The Bertz CT molecular complexity index is 775. The zero-order valence-corrected chi connectivity index (χ0v) is 16.0. The lowest BCUT2D eigenvalue weighted by molar-refractivity contribution is -0.121. The Hall–Kier alpha value is -2.60. The molecular formula is C20H24N2O3S. The Morgan fingerprint density at radius 1 is 1.23 bits per heavy atom. The molecule has 0 aliphatic rings. The van der Waals surface area contributed by atoms with Crippen molar-refractivity contribution in [1.29, 1.82) is 0 Å². The third-order valence-corrected chi connectivity index (χ3v) is 4.30. The molecule has 26 heavy (non-hydrogen) atoms. The number of phenolic OH excluding ortho intramolecular Hbond substituents is 1. The minimum Gasteiger partial charge on any atom is -0.506 e. The van der Waals surface area contributed by atoms with Gasteiger partial charge < -0.3 is 15.2 Å². The summed E-state index contributed by atoms with van der Waals surface area (Å²) in [6, 6.07) is 12.8. The lowest BCUT2D eigenvalue weighted by atomic mass is 9.98. The molecule has 1 amide bonds. The van der Waals surface area contributed by atoms with Crippen molar-refractivity contribution in [2.24, 2.45) is 0 Å². The Morgan fingerprint density at radius 3 is 2.58 bits per heavy atom. The molecule has 2 aromatic rings. The van der Waals surface area contributed by atoms with Crippen LogP contribution >= 0.6 is 12.2 Å². The third kappa shape index (κ3) is 5.74. The molecule has 0 bridgehead atoms. The smallest absolute Gasteiger partial charge is 0.264 e. The van der Waals surface area contributed by atoms with Crippen molar-refractivity contribution in [2.45, 2.75) is 33.1 Å². The first-order valence-electron chi connectivity index (χ1n) is 8.52. The Morgan fingerprint density at radius 2 is 1.92 bits per heavy atom. The average molecular weight is 372 g/mol. The van der Waals surface area contributed by atoms with Crippen molar-refractivity contribution in [3.8, 4) is 11.5 Å². The van der Waals surface area contributed by atoms with Crippen LogP contribution < -0.4 is 15.4 Å². The van der Waals surface area contributed by atoms with Gasteiger partial charge in [-0.1, -0.05) is 37.6 Å². The van der Waals surface area contributed by atoms with Gasteiger partial charge >= 0.3 is 0 Å². The average Bonchev–Trinajstić information content (AvgIpc) is 2.62. The number of amides is 1. The van der Waals surface area contributed by atoms with Crippen LogP contribution in [0.25, 0.3) is 0 Å². The van der Waals surface area contributed by atoms with Crippen molar-refractivity contribution in [3.63, 3.8) is 0 Å². The van der Waals surface area contributed by atoms with Crippen LogP contribution in [0.15, 0.2) is 42.5 Å². The van der Waals surface area contributed by atoms with E-state index in [4.69, 9.17) is 17.0 Å². The van der Waals surface area contributed by atoms with Gasteiger partial charge in [-0.3, -0.25) is 10.1 Å². The highest BCUT2D eigenvalue weighted by atomic mass is 32.1. The molecule has 0 heterocycles. The van der Waals surface area contributed by atoms with E-state index in [1.165, 1.54) is 0 Å². The van der Waals surface area contributed by atoms with E-state index >= 15 is 0 Å². The number of anilines is 1. The first-order chi connectivity index (χ1) is 12.4. The fourth-order valence-corrected chi connectivity index (χ4v) is 2.52. The molecule has 138 valence electrons. The van der Waals surface area contributed by atoms with Crippen LogP contribution in [0.4, 0.5) is 5.69 Å². The van der Waals surface area contributed by atoms with Crippen LogP contribution in [0.2, 0.25) is 0 Å². The van der Waals surface area contributed by atoms with Crippen molar-refractivity contribution >= 4 is 28.9 Å². The number of aryl methyl sites for hydroxylation is 1. The van der Waals surface area contributed by atoms with Crippen LogP contribution in [0.1, 0.15) is 37.3 Å². The third-order valence-electron chi connectivity index (χ3n) is 4.09. The van der Waals surface area contributed by atoms with Gasteiger partial charge in [0.25, 0.3) is 5.91 Å². The van der Waals surface area contributed by atoms with Gasteiger partial charge in [-0.25, -0.2) is 0 Å². The van der Waals surface area contributed by atoms with E-state index in [1.807, 2.05) is 31.2 Å². The van der Waals surface area contributed by atoms with E-state index in [-0.39, 0.29) is 23.4 Å². The summed E-state index contributed by atoms with van der Waals surface area (Å²) in [5, 5.41) is 15.5. The summed E-state index contributed by atoms with van der Waals surface area (Å²) in [7, 11) is 0. The Balaban J connectivity index is 1.89. The molecule has 6 heteroatoms. The van der Waals surface area contributed by atoms with Gasteiger partial charge in [0.2, 0.25) is 0 Å². The number of carbonyl (C=O) groups is 1. The van der Waals surface area contributed by atoms with E-state index < -0.39 is 0 Å². The maximum Gasteiger partial charge on any atom is 0.264 e. The lowest BCUT2D eigenvalue weighted by Crippen LogP contribution is -2.37. The van der Waals surface area contributed by atoms with Gasteiger partial charge in [0.1, 0.15) is 11.5 Å². The van der Waals surface area contributed by atoms with Crippen molar-refractivity contribution < 1.29 is 14.6 Å². The minimum absolute atomic E-state index is 0.0737. The number of phenols is 1. The summed E-state index contributed by atoms with van der Waals surface area (Å²) in [5.41, 5.74) is 2.67. The van der Waals surface area contributed by atoms with Crippen LogP contribution in [-0.4, -0.2) is 22.7 Å². The normalized spacial score (nSPS) is 11.5. The van der Waals surface area contributed by atoms with E-state index in [2.05, 4.69) is 24.5 Å². The quantitative estimate of drug-likeness (QED) is 0.526. The summed E-state index contributed by atoms with van der Waals surface area (Å²) >= 11 is 5.15. The van der Waals surface area contributed by atoms with Crippen molar-refractivity contribution in [3.05, 3.63) is 53.6 Å². The molecule has 5 nitrogen and oxygen atoms in total. The first kappa shape index (κ1) is 19.7. The minimum atomic E-state index is -0.374. The van der Waals surface area contributed by atoms with Crippen LogP contribution in [0.3, 0.4) is 0 Å². The zero-order chi connectivity index (χ0) is 19.1. The monoisotopic (exact) mass is 372 g/mol. The molecule has 0 radical (unpaired) electrons. The molecule has 0 spiro atoms. The SMILES string of the molecule is CC[C@@H](C)c1ccc(O)c(NC(=S)NC(=O)COc2ccc(C)cc2)c1. The molecule has 0 saturated carbocycles. The molecule has 2 aromatic carbocycles. The van der Waals surface area contributed by atoms with E-state index in [9.17, 15) is 9.90 Å². The molecule has 1 atom stereocenters. The Labute approximate surface area is 159 Å². The molecule has 0 fully saturated rings. The highest BCUT2D eigenvalue weighted by molar-refractivity contribution is 7.80. The van der Waals surface area contributed by atoms with E-state index in [1.54, 1.807) is 18.2 Å². The molecule has 3 N–H and O–H groups in total. The highest BCUT2D eigenvalue weighted by Crippen LogP contribution is 2.28. The number of thiocarbonyl (C=S) groups is 1. The van der Waals surface area contributed by atoms with Gasteiger partial charge in [0.05, 0.1) is 5.69 Å². The topological polar surface area (TPSA) is 70.6 Å². The number of rotatable bonds is 6. The summed E-state index contributed by atoms with van der Waals surface area (Å²) < 4.78 is 5.41. The predicted molar refractivity (Wildman–Crippen MR) is 108 cm³/mol. The van der Waals surface area contributed by atoms with E-state index in [0.29, 0.717) is 17.4 Å². The number of aromatic hydroxyl groups is 1. The maximum absolute atomic E-state index is 12.0. The van der Waals surface area contributed by atoms with E-state index in [0.717, 1.165) is 17.5 Å². The highest BCUT2D eigenvalue weighted by Gasteiger charge is 2.11. The summed E-state index contributed by atoms with van der Waals surface area (Å²) in [6.45, 7) is 6.04. The van der Waals surface area contributed by atoms with Gasteiger partial charge in [0, 0.05) is 0 Å². The number of nitrogens with one attached hydrogen (secondary N) is 2. The molecule has 0 unspecified atom stereocenters. The second-order valence-corrected chi connectivity index (χ2v) is 6.60. The van der Waals surface area contributed by atoms with Gasteiger partial charge in [-0.2, -0.15) is 0 Å². The fraction of sp³-hybridized carbons (Fsp3) is 0.300. The molecular weight excluding hydrogens is 348 g/mol. The van der Waals surface area contributed by atoms with Gasteiger partial charge in [-0.15, -0.1) is 0 Å². The van der Waals surface area contributed by atoms with Gasteiger partial charge in [-0.05, 0) is 61.3 Å². The number of carbonyl (C=O) groups excluding carboxylic acids is 1. The Kier molecular flexibility index (Phi) is 6.97. The number of benzene rings is 2. The fourth-order valence-electron chi connectivity index (χ4n) is 2.30. The lowest BCUT2D eigenvalue weighted by Gasteiger charge is -2.15. The van der Waals surface area contributed by atoms with Crippen LogP contribution in [-0.2, 0) is 4.79 Å².